The number of methoxy groups -OCH3 is 1. The molecule has 0 aliphatic rings. The summed E-state index contributed by atoms with van der Waals surface area (Å²) in [4.78, 5) is 38.0. The fourth-order valence-corrected chi connectivity index (χ4v) is 1.87. The van der Waals surface area contributed by atoms with E-state index in [1.165, 1.54) is 31.5 Å². The molecule has 2 aromatic rings. The minimum Gasteiger partial charge on any atom is -0.465 e. The number of aromatic nitrogens is 1. The van der Waals surface area contributed by atoms with E-state index in [-0.39, 0.29) is 16.9 Å². The number of hydrogen-bond acceptors (Lipinski definition) is 6. The van der Waals surface area contributed by atoms with Crippen molar-refractivity contribution in [2.24, 2.45) is 0 Å². The van der Waals surface area contributed by atoms with Crippen LogP contribution in [0.4, 0.5) is 11.5 Å². The normalized spacial score (nSPS) is 10.0. The first-order valence-corrected chi connectivity index (χ1v) is 6.60. The highest BCUT2D eigenvalue weighted by Crippen LogP contribution is 2.22. The number of pyridine rings is 1. The van der Waals surface area contributed by atoms with E-state index >= 15 is 0 Å². The number of hydrogen-bond donors (Lipinski definition) is 1. The number of nitro benzene ring substituents is 1. The number of halogens is 1. The summed E-state index contributed by atoms with van der Waals surface area (Å²) in [6.45, 7) is 0. The van der Waals surface area contributed by atoms with E-state index < -0.39 is 22.5 Å². The van der Waals surface area contributed by atoms with E-state index in [2.05, 4.69) is 15.0 Å². The number of nitro groups is 1. The van der Waals surface area contributed by atoms with Gasteiger partial charge in [-0.1, -0.05) is 11.6 Å². The fraction of sp³-hybridized carbons (Fsp3) is 0.0714. The van der Waals surface area contributed by atoms with E-state index in [0.29, 0.717) is 5.02 Å². The van der Waals surface area contributed by atoms with Crippen molar-refractivity contribution < 1.29 is 19.2 Å². The van der Waals surface area contributed by atoms with Gasteiger partial charge in [-0.3, -0.25) is 14.9 Å². The summed E-state index contributed by atoms with van der Waals surface area (Å²) in [5.41, 5.74) is -0.703. The van der Waals surface area contributed by atoms with Crippen LogP contribution in [-0.4, -0.2) is 28.9 Å². The third kappa shape index (κ3) is 3.80. The topological polar surface area (TPSA) is 111 Å². The fourth-order valence-electron chi connectivity index (χ4n) is 1.76. The van der Waals surface area contributed by atoms with Crippen molar-refractivity contribution in [2.75, 3.05) is 12.4 Å². The van der Waals surface area contributed by atoms with E-state index in [1.807, 2.05) is 0 Å². The molecule has 0 saturated carbocycles. The molecule has 0 unspecified atom stereocenters. The first kappa shape index (κ1) is 16.4. The lowest BCUT2D eigenvalue weighted by Gasteiger charge is -2.07. The number of carbonyl (C=O) groups is 2. The average molecular weight is 336 g/mol. The summed E-state index contributed by atoms with van der Waals surface area (Å²) in [6.07, 6.45) is 1.32. The van der Waals surface area contributed by atoms with Gasteiger partial charge in [-0.2, -0.15) is 0 Å². The minimum absolute atomic E-state index is 0.0207. The van der Waals surface area contributed by atoms with Gasteiger partial charge in [-0.25, -0.2) is 9.78 Å². The predicted octanol–water partition coefficient (Wildman–Crippen LogP) is 2.68. The number of anilines is 1. The molecule has 0 fully saturated rings. The predicted molar refractivity (Wildman–Crippen MR) is 81.6 cm³/mol. The molecule has 1 aromatic heterocycles. The highest BCUT2D eigenvalue weighted by atomic mass is 35.5. The first-order valence-electron chi connectivity index (χ1n) is 6.22. The largest absolute Gasteiger partial charge is 0.465 e. The van der Waals surface area contributed by atoms with Crippen molar-refractivity contribution >= 4 is 35.0 Å². The maximum absolute atomic E-state index is 12.2. The van der Waals surface area contributed by atoms with E-state index in [4.69, 9.17) is 11.6 Å². The van der Waals surface area contributed by atoms with Crippen LogP contribution in [0.15, 0.2) is 36.5 Å². The Morgan fingerprint density at radius 1 is 1.30 bits per heavy atom. The second kappa shape index (κ2) is 6.84. The van der Waals surface area contributed by atoms with Gasteiger partial charge in [0.15, 0.2) is 0 Å². The van der Waals surface area contributed by atoms with Gasteiger partial charge in [0.05, 0.1) is 22.6 Å². The van der Waals surface area contributed by atoms with Gasteiger partial charge < -0.3 is 10.1 Å². The average Bonchev–Trinajstić information content (AvgIpc) is 2.55. The molecule has 118 valence electrons. The summed E-state index contributed by atoms with van der Waals surface area (Å²) >= 11 is 5.69. The molecule has 8 nitrogen and oxygen atoms in total. The zero-order valence-electron chi connectivity index (χ0n) is 11.8. The smallest absolute Gasteiger partial charge is 0.337 e. The highest BCUT2D eigenvalue weighted by molar-refractivity contribution is 6.30. The summed E-state index contributed by atoms with van der Waals surface area (Å²) in [5, 5.41) is 13.8. The van der Waals surface area contributed by atoms with E-state index in [0.717, 1.165) is 12.1 Å². The molecule has 23 heavy (non-hydrogen) atoms. The molecule has 0 radical (unpaired) electrons. The minimum atomic E-state index is -0.780. The Hall–Kier alpha value is -3.00. The van der Waals surface area contributed by atoms with Crippen LogP contribution < -0.4 is 5.32 Å². The van der Waals surface area contributed by atoms with Gasteiger partial charge >= 0.3 is 5.97 Å². The number of esters is 1. The van der Waals surface area contributed by atoms with E-state index in [1.54, 1.807) is 0 Å². The monoisotopic (exact) mass is 335 g/mol. The van der Waals surface area contributed by atoms with Gasteiger partial charge in [0.25, 0.3) is 11.6 Å². The molecule has 0 atom stereocenters. The Morgan fingerprint density at radius 3 is 2.61 bits per heavy atom. The molecule has 0 spiro atoms. The second-order valence-corrected chi connectivity index (χ2v) is 4.73. The lowest BCUT2D eigenvalue weighted by molar-refractivity contribution is -0.385. The molecule has 1 aromatic carbocycles. The molecular formula is C14H10ClN3O5. The molecule has 1 N–H and O–H groups in total. The second-order valence-electron chi connectivity index (χ2n) is 4.30. The maximum atomic E-state index is 12.2. The number of nitrogens with zero attached hydrogens (tertiary/aromatic N) is 2. The van der Waals surface area contributed by atoms with Gasteiger partial charge in [0.2, 0.25) is 0 Å². The molecule has 1 amide bonds. The number of nitrogens with one attached hydrogen (secondary N) is 1. The quantitative estimate of drug-likeness (QED) is 0.522. The van der Waals surface area contributed by atoms with Crippen LogP contribution in [0, 0.1) is 10.1 Å². The Bertz CT molecular complexity index is 776. The van der Waals surface area contributed by atoms with Crippen LogP contribution in [0.25, 0.3) is 0 Å². The Labute approximate surface area is 135 Å². The number of rotatable bonds is 4. The lowest BCUT2D eigenvalue weighted by Crippen LogP contribution is -2.16. The Morgan fingerprint density at radius 2 is 2.04 bits per heavy atom. The third-order valence-electron chi connectivity index (χ3n) is 2.83. The van der Waals surface area contributed by atoms with Crippen molar-refractivity contribution in [3.63, 3.8) is 0 Å². The van der Waals surface area contributed by atoms with Crippen LogP contribution in [0.1, 0.15) is 20.7 Å². The number of amides is 1. The summed E-state index contributed by atoms with van der Waals surface area (Å²) in [7, 11) is 1.17. The summed E-state index contributed by atoms with van der Waals surface area (Å²) in [5.74, 6) is -1.33. The number of benzene rings is 1. The van der Waals surface area contributed by atoms with Gasteiger partial charge in [0.1, 0.15) is 11.4 Å². The molecular weight excluding hydrogens is 326 g/mol. The molecule has 0 saturated heterocycles. The molecule has 2 rings (SSSR count). The Kier molecular flexibility index (Phi) is 4.87. The maximum Gasteiger partial charge on any atom is 0.337 e. The Balaban J connectivity index is 2.38. The van der Waals surface area contributed by atoms with Gasteiger partial charge in [-0.05, 0) is 24.3 Å². The lowest BCUT2D eigenvalue weighted by atomic mass is 10.1. The van der Waals surface area contributed by atoms with Gasteiger partial charge in [0, 0.05) is 12.3 Å². The third-order valence-corrected chi connectivity index (χ3v) is 3.05. The van der Waals surface area contributed by atoms with Crippen LogP contribution in [-0.2, 0) is 4.74 Å². The van der Waals surface area contributed by atoms with E-state index in [9.17, 15) is 19.7 Å². The standard InChI is InChI=1S/C14H10ClN3O5/c1-23-14(20)8-2-4-11(18(21)22)10(6-8)13(19)17-12-5-3-9(15)7-16-12/h2-7H,1H3,(H,16,17,19). The molecule has 1 heterocycles. The summed E-state index contributed by atoms with van der Waals surface area (Å²) in [6, 6.07) is 6.31. The molecule has 0 aliphatic heterocycles. The van der Waals surface area contributed by atoms with Crippen LogP contribution in [0.5, 0.6) is 0 Å². The number of ether oxygens (including phenoxy) is 1. The van der Waals surface area contributed by atoms with Crippen molar-refractivity contribution in [3.05, 3.63) is 62.8 Å². The zero-order chi connectivity index (χ0) is 17.0. The van der Waals surface area contributed by atoms with Crippen LogP contribution in [0.2, 0.25) is 5.02 Å². The first-order chi connectivity index (χ1) is 10.9. The van der Waals surface area contributed by atoms with Crippen molar-refractivity contribution in [2.45, 2.75) is 0 Å². The van der Waals surface area contributed by atoms with Crippen molar-refractivity contribution in [1.29, 1.82) is 0 Å². The summed E-state index contributed by atoms with van der Waals surface area (Å²) < 4.78 is 4.54. The van der Waals surface area contributed by atoms with Crippen molar-refractivity contribution in [3.8, 4) is 0 Å². The molecule has 0 bridgehead atoms. The number of carbonyl (C=O) groups excluding carboxylic acids is 2. The highest BCUT2D eigenvalue weighted by Gasteiger charge is 2.23. The van der Waals surface area contributed by atoms with Gasteiger partial charge in [-0.15, -0.1) is 0 Å². The SMILES string of the molecule is COC(=O)c1ccc([N+](=O)[O-])c(C(=O)Nc2ccc(Cl)cn2)c1. The van der Waals surface area contributed by atoms with Crippen molar-refractivity contribution in [1.82, 2.24) is 4.98 Å². The molecule has 0 aliphatic carbocycles. The van der Waals surface area contributed by atoms with Crippen LogP contribution >= 0.6 is 11.6 Å². The zero-order valence-corrected chi connectivity index (χ0v) is 12.5. The van der Waals surface area contributed by atoms with Crippen LogP contribution in [0.3, 0.4) is 0 Å². The molecule has 9 heteroatoms.